The van der Waals surface area contributed by atoms with Gasteiger partial charge in [-0.3, -0.25) is 14.0 Å². The molecule has 2 amide bonds. The summed E-state index contributed by atoms with van der Waals surface area (Å²) < 4.78 is 1.75. The van der Waals surface area contributed by atoms with Crippen molar-refractivity contribution in [3.63, 3.8) is 0 Å². The summed E-state index contributed by atoms with van der Waals surface area (Å²) in [5.41, 5.74) is 1.04. The number of rotatable bonds is 4. The molecule has 4 rings (SSSR count). The molecular formula is C21H29N5O2. The monoisotopic (exact) mass is 383 g/mol. The Labute approximate surface area is 165 Å². The van der Waals surface area contributed by atoms with Gasteiger partial charge in [0.2, 0.25) is 5.82 Å². The van der Waals surface area contributed by atoms with E-state index in [9.17, 15) is 9.59 Å². The molecule has 1 saturated carbocycles. The van der Waals surface area contributed by atoms with Crippen LogP contribution in [-0.2, 0) is 0 Å². The van der Waals surface area contributed by atoms with Gasteiger partial charge in [0.1, 0.15) is 0 Å². The third kappa shape index (κ3) is 3.76. The summed E-state index contributed by atoms with van der Waals surface area (Å²) in [5.74, 6) is 0.0495. The molecule has 1 N–H and O–H groups in total. The molecule has 1 aliphatic carbocycles. The molecule has 0 unspecified atom stereocenters. The average molecular weight is 383 g/mol. The number of carbonyl (C=O) groups excluding carboxylic acids is 2. The van der Waals surface area contributed by atoms with Gasteiger partial charge < -0.3 is 15.1 Å². The number of nitrogens with one attached hydrogen (secondary N) is 1. The molecule has 2 fully saturated rings. The summed E-state index contributed by atoms with van der Waals surface area (Å²) in [6.45, 7) is 6.27. The van der Waals surface area contributed by atoms with E-state index in [4.69, 9.17) is 0 Å². The Morgan fingerprint density at radius 1 is 1.11 bits per heavy atom. The fourth-order valence-corrected chi connectivity index (χ4v) is 4.27. The van der Waals surface area contributed by atoms with Gasteiger partial charge in [-0.25, -0.2) is 4.98 Å². The van der Waals surface area contributed by atoms with E-state index >= 15 is 0 Å². The first kappa shape index (κ1) is 18.9. The highest BCUT2D eigenvalue weighted by Crippen LogP contribution is 2.20. The van der Waals surface area contributed by atoms with E-state index in [1.54, 1.807) is 4.40 Å². The number of hydrogen-bond acceptors (Lipinski definition) is 4. The second-order valence-electron chi connectivity index (χ2n) is 7.77. The third-order valence-electron chi connectivity index (χ3n) is 6.00. The van der Waals surface area contributed by atoms with Crippen LogP contribution in [0.5, 0.6) is 0 Å². The first-order valence-corrected chi connectivity index (χ1v) is 10.5. The lowest BCUT2D eigenvalue weighted by atomic mass is 9.95. The minimum atomic E-state index is -0.176. The van der Waals surface area contributed by atoms with Crippen LogP contribution in [0.4, 0.5) is 0 Å². The zero-order valence-electron chi connectivity index (χ0n) is 16.6. The van der Waals surface area contributed by atoms with Crippen molar-refractivity contribution >= 4 is 17.3 Å². The van der Waals surface area contributed by atoms with Gasteiger partial charge in [-0.15, -0.1) is 0 Å². The first-order valence-electron chi connectivity index (χ1n) is 10.5. The fraction of sp³-hybridized carbons (Fsp3) is 0.571. The number of hydrogen-bond donors (Lipinski definition) is 1. The molecule has 3 heterocycles. The topological polar surface area (TPSA) is 69.9 Å². The summed E-state index contributed by atoms with van der Waals surface area (Å²) in [6, 6.07) is 5.81. The Bertz CT molecular complexity index is 848. The molecule has 0 spiro atoms. The van der Waals surface area contributed by atoms with Crippen LogP contribution in [-0.4, -0.2) is 69.8 Å². The molecule has 1 saturated heterocycles. The average Bonchev–Trinajstić information content (AvgIpc) is 3.14. The maximum absolute atomic E-state index is 13.1. The van der Waals surface area contributed by atoms with Gasteiger partial charge >= 0.3 is 0 Å². The van der Waals surface area contributed by atoms with E-state index in [0.717, 1.165) is 45.3 Å². The minimum absolute atomic E-state index is 0.103. The summed E-state index contributed by atoms with van der Waals surface area (Å²) in [4.78, 5) is 34.7. The Morgan fingerprint density at radius 3 is 2.57 bits per heavy atom. The van der Waals surface area contributed by atoms with Gasteiger partial charge in [0.15, 0.2) is 5.69 Å². The Morgan fingerprint density at radius 2 is 1.86 bits per heavy atom. The second-order valence-corrected chi connectivity index (χ2v) is 7.77. The molecule has 1 aliphatic heterocycles. The Hall–Kier alpha value is -2.41. The van der Waals surface area contributed by atoms with Crippen molar-refractivity contribution in [1.29, 1.82) is 0 Å². The lowest BCUT2D eigenvalue weighted by Gasteiger charge is -2.33. The number of pyridine rings is 1. The molecule has 150 valence electrons. The van der Waals surface area contributed by atoms with Crippen LogP contribution < -0.4 is 5.32 Å². The minimum Gasteiger partial charge on any atom is -0.348 e. The molecule has 2 aromatic rings. The van der Waals surface area contributed by atoms with Crippen LogP contribution in [0.25, 0.3) is 5.52 Å². The highest BCUT2D eigenvalue weighted by atomic mass is 16.2. The molecule has 2 aromatic heterocycles. The summed E-state index contributed by atoms with van der Waals surface area (Å²) in [5, 5.41) is 3.13. The van der Waals surface area contributed by atoms with Crippen LogP contribution in [0.2, 0.25) is 0 Å². The summed E-state index contributed by atoms with van der Waals surface area (Å²) >= 11 is 0. The predicted octanol–water partition coefficient (Wildman–Crippen LogP) is 2.17. The highest BCUT2D eigenvalue weighted by molar-refractivity contribution is 6.02. The number of aromatic nitrogens is 2. The Balaban J connectivity index is 1.57. The quantitative estimate of drug-likeness (QED) is 0.879. The number of amides is 2. The normalized spacial score (nSPS) is 19.1. The van der Waals surface area contributed by atoms with E-state index in [1.807, 2.05) is 29.3 Å². The van der Waals surface area contributed by atoms with Gasteiger partial charge in [-0.1, -0.05) is 32.3 Å². The van der Waals surface area contributed by atoms with Crippen LogP contribution in [0.1, 0.15) is 60.1 Å². The zero-order chi connectivity index (χ0) is 19.5. The van der Waals surface area contributed by atoms with Crippen LogP contribution in [0.15, 0.2) is 24.4 Å². The fourth-order valence-electron chi connectivity index (χ4n) is 4.27. The molecule has 0 atom stereocenters. The van der Waals surface area contributed by atoms with Gasteiger partial charge in [0.25, 0.3) is 11.8 Å². The van der Waals surface area contributed by atoms with Crippen molar-refractivity contribution in [2.45, 2.75) is 45.1 Å². The molecule has 0 aromatic carbocycles. The van der Waals surface area contributed by atoms with E-state index in [1.165, 1.54) is 6.42 Å². The molecule has 2 aliphatic rings. The van der Waals surface area contributed by atoms with Crippen molar-refractivity contribution < 1.29 is 9.59 Å². The summed E-state index contributed by atoms with van der Waals surface area (Å²) in [7, 11) is 0. The number of piperazine rings is 1. The van der Waals surface area contributed by atoms with E-state index in [0.29, 0.717) is 30.1 Å². The molecule has 0 bridgehead atoms. The molecule has 7 heteroatoms. The number of imidazole rings is 1. The molecular weight excluding hydrogens is 354 g/mol. The van der Waals surface area contributed by atoms with E-state index < -0.39 is 0 Å². The summed E-state index contributed by atoms with van der Waals surface area (Å²) in [6.07, 6.45) is 7.40. The maximum atomic E-state index is 13.1. The first-order chi connectivity index (χ1) is 13.7. The molecule has 0 radical (unpaired) electrons. The van der Waals surface area contributed by atoms with E-state index in [-0.39, 0.29) is 17.9 Å². The Kier molecular flexibility index (Phi) is 5.62. The van der Waals surface area contributed by atoms with Crippen molar-refractivity contribution in [2.24, 2.45) is 0 Å². The number of nitrogens with zero attached hydrogens (tertiary/aromatic N) is 4. The van der Waals surface area contributed by atoms with Crippen molar-refractivity contribution in [3.8, 4) is 0 Å². The van der Waals surface area contributed by atoms with Crippen molar-refractivity contribution in [2.75, 3.05) is 32.7 Å². The second kappa shape index (κ2) is 8.31. The largest absolute Gasteiger partial charge is 0.348 e. The van der Waals surface area contributed by atoms with Crippen LogP contribution >= 0.6 is 0 Å². The number of fused-ring (bicyclic) bond motifs is 1. The van der Waals surface area contributed by atoms with Gasteiger partial charge in [-0.2, -0.15) is 0 Å². The molecule has 7 nitrogen and oxygen atoms in total. The number of likely N-dealkylation sites (N-methyl/N-ethyl adjacent to an activating group) is 1. The SMILES string of the molecule is CCN1CCN(C(=O)c2nc(C(=O)NC3CCCCC3)c3ccccn23)CC1. The lowest BCUT2D eigenvalue weighted by Crippen LogP contribution is -2.48. The smallest absolute Gasteiger partial charge is 0.290 e. The maximum Gasteiger partial charge on any atom is 0.290 e. The van der Waals surface area contributed by atoms with Gasteiger partial charge in [0.05, 0.1) is 5.52 Å². The van der Waals surface area contributed by atoms with Crippen molar-refractivity contribution in [1.82, 2.24) is 24.5 Å². The molecule has 28 heavy (non-hydrogen) atoms. The zero-order valence-corrected chi connectivity index (χ0v) is 16.6. The van der Waals surface area contributed by atoms with Gasteiger partial charge in [-0.05, 0) is 31.5 Å². The van der Waals surface area contributed by atoms with Crippen LogP contribution in [0.3, 0.4) is 0 Å². The number of carbonyl (C=O) groups is 2. The predicted molar refractivity (Wildman–Crippen MR) is 108 cm³/mol. The van der Waals surface area contributed by atoms with Crippen LogP contribution in [0, 0.1) is 0 Å². The lowest BCUT2D eigenvalue weighted by molar-refractivity contribution is 0.0630. The highest BCUT2D eigenvalue weighted by Gasteiger charge is 2.28. The van der Waals surface area contributed by atoms with Gasteiger partial charge in [0, 0.05) is 38.4 Å². The van der Waals surface area contributed by atoms with E-state index in [2.05, 4.69) is 22.1 Å². The third-order valence-corrected chi connectivity index (χ3v) is 6.00. The van der Waals surface area contributed by atoms with Crippen molar-refractivity contribution in [3.05, 3.63) is 35.9 Å². The standard InChI is InChI=1S/C21H29N5O2/c1-2-24-12-14-25(15-13-24)21(28)19-23-18(17-10-6-7-11-26(17)19)20(27)22-16-8-4-3-5-9-16/h6-7,10-11,16H,2-5,8-9,12-15H2,1H3,(H,22,27).